The minimum Gasteiger partial charge on any atom is -0.322 e. The maximum atomic E-state index is 13.4. The van der Waals surface area contributed by atoms with E-state index in [0.29, 0.717) is 32.2 Å². The van der Waals surface area contributed by atoms with Gasteiger partial charge in [0, 0.05) is 32.2 Å². The van der Waals surface area contributed by atoms with Crippen LogP contribution in [0.15, 0.2) is 18.2 Å². The first-order valence-electron chi connectivity index (χ1n) is 6.68. The van der Waals surface area contributed by atoms with Crippen LogP contribution in [-0.4, -0.2) is 62.5 Å². The number of halogens is 2. The van der Waals surface area contributed by atoms with Gasteiger partial charge in [0.05, 0.1) is 18.5 Å². The Morgan fingerprint density at radius 3 is 2.41 bits per heavy atom. The molecule has 1 N–H and O–H groups in total. The summed E-state index contributed by atoms with van der Waals surface area (Å²) < 4.78 is 50.3. The Hall–Kier alpha value is -1.58. The van der Waals surface area contributed by atoms with Crippen LogP contribution in [0.1, 0.15) is 0 Å². The zero-order valence-electron chi connectivity index (χ0n) is 12.1. The number of nitrogens with one attached hydrogen (secondary N) is 1. The highest BCUT2D eigenvalue weighted by Gasteiger charge is 2.24. The Bertz CT molecular complexity index is 658. The van der Waals surface area contributed by atoms with Gasteiger partial charge in [0.15, 0.2) is 0 Å². The Morgan fingerprint density at radius 1 is 1.23 bits per heavy atom. The van der Waals surface area contributed by atoms with E-state index in [9.17, 15) is 22.0 Å². The van der Waals surface area contributed by atoms with Crippen molar-refractivity contribution in [3.63, 3.8) is 0 Å². The second-order valence-electron chi connectivity index (χ2n) is 5.11. The molecule has 1 aromatic rings. The highest BCUT2D eigenvalue weighted by molar-refractivity contribution is 7.88. The molecule has 0 bridgehead atoms. The van der Waals surface area contributed by atoms with Crippen molar-refractivity contribution in [2.75, 3.05) is 44.3 Å². The number of anilines is 1. The summed E-state index contributed by atoms with van der Waals surface area (Å²) in [7, 11) is -3.22. The van der Waals surface area contributed by atoms with Crippen LogP contribution in [-0.2, 0) is 14.8 Å². The average molecular weight is 333 g/mol. The molecule has 1 saturated heterocycles. The topological polar surface area (TPSA) is 69.7 Å². The molecule has 0 unspecified atom stereocenters. The van der Waals surface area contributed by atoms with E-state index in [0.717, 1.165) is 18.4 Å². The quantitative estimate of drug-likeness (QED) is 0.870. The molecule has 0 aromatic heterocycles. The summed E-state index contributed by atoms with van der Waals surface area (Å²) in [5.74, 6) is -1.99. The number of rotatable bonds is 4. The normalized spacial score (nSPS) is 17.4. The van der Waals surface area contributed by atoms with Crippen LogP contribution in [0.3, 0.4) is 0 Å². The van der Waals surface area contributed by atoms with Crippen molar-refractivity contribution < 1.29 is 22.0 Å². The van der Waals surface area contributed by atoms with Crippen LogP contribution in [0, 0.1) is 11.6 Å². The Kier molecular flexibility index (Phi) is 5.09. The highest BCUT2D eigenvalue weighted by Crippen LogP contribution is 2.15. The molecule has 1 aliphatic heterocycles. The summed E-state index contributed by atoms with van der Waals surface area (Å²) in [5, 5.41) is 2.37. The fourth-order valence-electron chi connectivity index (χ4n) is 2.20. The second kappa shape index (κ2) is 6.67. The first kappa shape index (κ1) is 16.8. The van der Waals surface area contributed by atoms with Gasteiger partial charge in [-0.2, -0.15) is 4.31 Å². The standard InChI is InChI=1S/C13H17F2N3O3S/c1-22(20,21)18-6-4-17(5-7-18)9-13(19)16-12-3-2-10(14)8-11(12)15/h2-3,8H,4-7,9H2,1H3,(H,16,19). The third kappa shape index (κ3) is 4.46. The van der Waals surface area contributed by atoms with Gasteiger partial charge in [0.25, 0.3) is 0 Å². The van der Waals surface area contributed by atoms with Gasteiger partial charge in [0.1, 0.15) is 11.6 Å². The number of carbonyl (C=O) groups is 1. The lowest BCUT2D eigenvalue weighted by atomic mass is 10.3. The van der Waals surface area contributed by atoms with E-state index in [-0.39, 0.29) is 12.2 Å². The molecule has 0 aliphatic carbocycles. The molecule has 22 heavy (non-hydrogen) atoms. The molecule has 122 valence electrons. The van der Waals surface area contributed by atoms with Gasteiger partial charge in [-0.15, -0.1) is 0 Å². The number of amides is 1. The van der Waals surface area contributed by atoms with E-state index in [1.54, 1.807) is 4.90 Å². The van der Waals surface area contributed by atoms with Crippen LogP contribution in [0.5, 0.6) is 0 Å². The van der Waals surface area contributed by atoms with E-state index in [2.05, 4.69) is 5.32 Å². The van der Waals surface area contributed by atoms with Crippen LogP contribution < -0.4 is 5.32 Å². The number of carbonyl (C=O) groups excluding carboxylic acids is 1. The van der Waals surface area contributed by atoms with Crippen molar-refractivity contribution in [2.24, 2.45) is 0 Å². The molecule has 6 nitrogen and oxygen atoms in total. The lowest BCUT2D eigenvalue weighted by molar-refractivity contribution is -0.117. The third-order valence-corrected chi connectivity index (χ3v) is 4.68. The Morgan fingerprint density at radius 2 is 1.86 bits per heavy atom. The highest BCUT2D eigenvalue weighted by atomic mass is 32.2. The monoisotopic (exact) mass is 333 g/mol. The molecule has 1 amide bonds. The number of nitrogens with zero attached hydrogens (tertiary/aromatic N) is 2. The Labute approximate surface area is 127 Å². The van der Waals surface area contributed by atoms with Crippen LogP contribution >= 0.6 is 0 Å². The number of piperazine rings is 1. The molecule has 1 aromatic carbocycles. The molecule has 1 heterocycles. The van der Waals surface area contributed by atoms with Gasteiger partial charge in [-0.3, -0.25) is 9.69 Å². The summed E-state index contributed by atoms with van der Waals surface area (Å²) in [5.41, 5.74) is -0.0822. The lowest BCUT2D eigenvalue weighted by Crippen LogP contribution is -2.50. The van der Waals surface area contributed by atoms with Crippen LogP contribution in [0.2, 0.25) is 0 Å². The zero-order chi connectivity index (χ0) is 16.3. The van der Waals surface area contributed by atoms with E-state index < -0.39 is 27.6 Å². The molecule has 2 rings (SSSR count). The molecule has 0 saturated carbocycles. The SMILES string of the molecule is CS(=O)(=O)N1CCN(CC(=O)Nc2ccc(F)cc2F)CC1. The summed E-state index contributed by atoms with van der Waals surface area (Å²) in [6.45, 7) is 1.50. The van der Waals surface area contributed by atoms with E-state index in [1.165, 1.54) is 4.31 Å². The van der Waals surface area contributed by atoms with E-state index >= 15 is 0 Å². The first-order valence-corrected chi connectivity index (χ1v) is 8.53. The van der Waals surface area contributed by atoms with Crippen molar-refractivity contribution >= 4 is 21.6 Å². The summed E-state index contributed by atoms with van der Waals surface area (Å²) in [6, 6.07) is 2.91. The fourth-order valence-corrected chi connectivity index (χ4v) is 3.03. The maximum absolute atomic E-state index is 13.4. The lowest BCUT2D eigenvalue weighted by Gasteiger charge is -2.32. The summed E-state index contributed by atoms with van der Waals surface area (Å²) in [6.07, 6.45) is 1.15. The molecular weight excluding hydrogens is 316 g/mol. The average Bonchev–Trinajstić information content (AvgIpc) is 2.41. The third-order valence-electron chi connectivity index (χ3n) is 3.37. The van der Waals surface area contributed by atoms with Gasteiger partial charge in [0.2, 0.25) is 15.9 Å². The van der Waals surface area contributed by atoms with Gasteiger partial charge < -0.3 is 5.32 Å². The minimum atomic E-state index is -3.22. The second-order valence-corrected chi connectivity index (χ2v) is 7.09. The van der Waals surface area contributed by atoms with Gasteiger partial charge in [-0.25, -0.2) is 17.2 Å². The Balaban J connectivity index is 1.86. The number of hydrogen-bond donors (Lipinski definition) is 1. The van der Waals surface area contributed by atoms with Gasteiger partial charge >= 0.3 is 0 Å². The predicted molar refractivity (Wildman–Crippen MR) is 77.8 cm³/mol. The number of hydrogen-bond acceptors (Lipinski definition) is 4. The largest absolute Gasteiger partial charge is 0.322 e. The van der Waals surface area contributed by atoms with E-state index in [1.807, 2.05) is 0 Å². The van der Waals surface area contributed by atoms with Gasteiger partial charge in [-0.1, -0.05) is 0 Å². The van der Waals surface area contributed by atoms with Crippen molar-refractivity contribution in [1.29, 1.82) is 0 Å². The molecule has 1 aliphatic rings. The molecule has 1 fully saturated rings. The van der Waals surface area contributed by atoms with Crippen LogP contribution in [0.4, 0.5) is 14.5 Å². The fraction of sp³-hybridized carbons (Fsp3) is 0.462. The summed E-state index contributed by atoms with van der Waals surface area (Å²) in [4.78, 5) is 13.6. The van der Waals surface area contributed by atoms with Crippen molar-refractivity contribution in [3.05, 3.63) is 29.8 Å². The van der Waals surface area contributed by atoms with Crippen molar-refractivity contribution in [1.82, 2.24) is 9.21 Å². The molecule has 0 radical (unpaired) electrons. The molecule has 0 spiro atoms. The summed E-state index contributed by atoms with van der Waals surface area (Å²) >= 11 is 0. The maximum Gasteiger partial charge on any atom is 0.238 e. The molecular formula is C13H17F2N3O3S. The zero-order valence-corrected chi connectivity index (χ0v) is 12.9. The predicted octanol–water partition coefficient (Wildman–Crippen LogP) is 0.481. The number of sulfonamides is 1. The van der Waals surface area contributed by atoms with Crippen molar-refractivity contribution in [2.45, 2.75) is 0 Å². The first-order chi connectivity index (χ1) is 10.3. The van der Waals surface area contributed by atoms with Crippen molar-refractivity contribution in [3.8, 4) is 0 Å². The minimum absolute atomic E-state index is 0.0222. The van der Waals surface area contributed by atoms with Crippen LogP contribution in [0.25, 0.3) is 0 Å². The molecule has 0 atom stereocenters. The smallest absolute Gasteiger partial charge is 0.238 e. The molecule has 9 heteroatoms. The number of benzene rings is 1. The van der Waals surface area contributed by atoms with Gasteiger partial charge in [-0.05, 0) is 12.1 Å². The van der Waals surface area contributed by atoms with E-state index in [4.69, 9.17) is 0 Å².